The van der Waals surface area contributed by atoms with E-state index in [1.807, 2.05) is 24.4 Å². The Morgan fingerprint density at radius 3 is 2.95 bits per heavy atom. The van der Waals surface area contributed by atoms with Crippen LogP contribution in [0.5, 0.6) is 0 Å². The third kappa shape index (κ3) is 2.43. The predicted octanol–water partition coefficient (Wildman–Crippen LogP) is 2.93. The van der Waals surface area contributed by atoms with Crippen LogP contribution in [0.4, 0.5) is 0 Å². The Morgan fingerprint density at radius 2 is 2.10 bits per heavy atom. The maximum Gasteiger partial charge on any atom is 0.0915 e. The zero-order valence-corrected chi connectivity index (χ0v) is 12.0. The van der Waals surface area contributed by atoms with Gasteiger partial charge in [0.2, 0.25) is 0 Å². The SMILES string of the molecule is CCN1CCCC(O)(c2cccc3ncccc23)CC1. The lowest BCUT2D eigenvalue weighted by molar-refractivity contribution is 0.0228. The van der Waals surface area contributed by atoms with Gasteiger partial charge in [-0.1, -0.05) is 25.1 Å². The fourth-order valence-electron chi connectivity index (χ4n) is 3.27. The largest absolute Gasteiger partial charge is 0.385 e. The Balaban J connectivity index is 2.01. The van der Waals surface area contributed by atoms with Gasteiger partial charge in [0.25, 0.3) is 0 Å². The molecule has 106 valence electrons. The van der Waals surface area contributed by atoms with E-state index in [4.69, 9.17) is 0 Å². The molecule has 1 fully saturated rings. The lowest BCUT2D eigenvalue weighted by atomic mass is 9.84. The van der Waals surface area contributed by atoms with Gasteiger partial charge in [0.05, 0.1) is 11.1 Å². The van der Waals surface area contributed by atoms with Crippen LogP contribution in [0.1, 0.15) is 31.7 Å². The molecule has 0 bridgehead atoms. The first-order valence-corrected chi connectivity index (χ1v) is 7.52. The Bertz CT molecular complexity index is 593. The summed E-state index contributed by atoms with van der Waals surface area (Å²) in [7, 11) is 0. The molecular weight excluding hydrogens is 248 g/mol. The summed E-state index contributed by atoms with van der Waals surface area (Å²) in [5.74, 6) is 0. The molecule has 3 heteroatoms. The van der Waals surface area contributed by atoms with Crippen LogP contribution in [0.2, 0.25) is 0 Å². The minimum atomic E-state index is -0.716. The van der Waals surface area contributed by atoms with Crippen molar-refractivity contribution in [2.45, 2.75) is 31.8 Å². The number of aromatic nitrogens is 1. The van der Waals surface area contributed by atoms with Gasteiger partial charge in [0, 0.05) is 18.1 Å². The Labute approximate surface area is 120 Å². The predicted molar refractivity (Wildman–Crippen MR) is 81.6 cm³/mol. The minimum Gasteiger partial charge on any atom is -0.385 e. The molecule has 1 unspecified atom stereocenters. The van der Waals surface area contributed by atoms with Crippen molar-refractivity contribution in [2.24, 2.45) is 0 Å². The number of hydrogen-bond donors (Lipinski definition) is 1. The number of nitrogens with zero attached hydrogens (tertiary/aromatic N) is 2. The van der Waals surface area contributed by atoms with Gasteiger partial charge < -0.3 is 10.0 Å². The van der Waals surface area contributed by atoms with E-state index in [-0.39, 0.29) is 0 Å². The molecule has 1 saturated heterocycles. The van der Waals surface area contributed by atoms with Gasteiger partial charge in [-0.05, 0) is 50.0 Å². The molecule has 2 aromatic rings. The van der Waals surface area contributed by atoms with Crippen LogP contribution >= 0.6 is 0 Å². The maximum atomic E-state index is 11.2. The molecule has 1 aliphatic heterocycles. The molecule has 0 aliphatic carbocycles. The van der Waals surface area contributed by atoms with Crippen LogP contribution in [0, 0.1) is 0 Å². The van der Waals surface area contributed by atoms with Gasteiger partial charge in [-0.15, -0.1) is 0 Å². The molecule has 0 amide bonds. The van der Waals surface area contributed by atoms with Crippen LogP contribution in [0.15, 0.2) is 36.5 Å². The van der Waals surface area contributed by atoms with E-state index in [1.165, 1.54) is 0 Å². The van der Waals surface area contributed by atoms with Crippen molar-refractivity contribution in [3.05, 3.63) is 42.1 Å². The van der Waals surface area contributed by atoms with E-state index in [1.54, 1.807) is 0 Å². The van der Waals surface area contributed by atoms with Gasteiger partial charge >= 0.3 is 0 Å². The van der Waals surface area contributed by atoms with Gasteiger partial charge in [0.1, 0.15) is 0 Å². The third-order valence-electron chi connectivity index (χ3n) is 4.50. The van der Waals surface area contributed by atoms with Crippen LogP contribution in [-0.2, 0) is 5.60 Å². The summed E-state index contributed by atoms with van der Waals surface area (Å²) in [5, 5.41) is 12.3. The second-order valence-electron chi connectivity index (χ2n) is 5.70. The topological polar surface area (TPSA) is 36.4 Å². The highest BCUT2D eigenvalue weighted by Gasteiger charge is 2.32. The average molecular weight is 270 g/mol. The van der Waals surface area contributed by atoms with E-state index in [2.05, 4.69) is 28.9 Å². The van der Waals surface area contributed by atoms with Crippen molar-refractivity contribution in [3.63, 3.8) is 0 Å². The molecule has 0 radical (unpaired) electrons. The highest BCUT2D eigenvalue weighted by Crippen LogP contribution is 2.36. The molecule has 3 nitrogen and oxygen atoms in total. The number of benzene rings is 1. The first-order valence-electron chi connectivity index (χ1n) is 7.52. The van der Waals surface area contributed by atoms with Gasteiger partial charge in [-0.3, -0.25) is 4.98 Å². The quantitative estimate of drug-likeness (QED) is 0.911. The lowest BCUT2D eigenvalue weighted by Gasteiger charge is -2.28. The van der Waals surface area contributed by atoms with Crippen LogP contribution in [0.3, 0.4) is 0 Å². The minimum absolute atomic E-state index is 0.716. The molecule has 3 rings (SSSR count). The Hall–Kier alpha value is -1.45. The fraction of sp³-hybridized carbons (Fsp3) is 0.471. The second-order valence-corrected chi connectivity index (χ2v) is 5.70. The van der Waals surface area contributed by atoms with E-state index < -0.39 is 5.60 Å². The second kappa shape index (κ2) is 5.51. The first-order chi connectivity index (χ1) is 9.73. The Kier molecular flexibility index (Phi) is 3.72. The summed E-state index contributed by atoms with van der Waals surface area (Å²) in [5.41, 5.74) is 1.29. The Morgan fingerprint density at radius 1 is 1.20 bits per heavy atom. The number of pyridine rings is 1. The van der Waals surface area contributed by atoms with Gasteiger partial charge in [-0.25, -0.2) is 0 Å². The molecule has 0 saturated carbocycles. The number of hydrogen-bond acceptors (Lipinski definition) is 3. The smallest absolute Gasteiger partial charge is 0.0915 e. The van der Waals surface area contributed by atoms with Gasteiger partial charge in [-0.2, -0.15) is 0 Å². The van der Waals surface area contributed by atoms with Crippen molar-refractivity contribution in [3.8, 4) is 0 Å². The van der Waals surface area contributed by atoms with Crippen molar-refractivity contribution in [1.82, 2.24) is 9.88 Å². The third-order valence-corrected chi connectivity index (χ3v) is 4.50. The highest BCUT2D eigenvalue weighted by atomic mass is 16.3. The van der Waals surface area contributed by atoms with Gasteiger partial charge in [0.15, 0.2) is 0 Å². The van der Waals surface area contributed by atoms with Crippen LogP contribution in [-0.4, -0.2) is 34.6 Å². The average Bonchev–Trinajstić information content (AvgIpc) is 2.69. The standard InChI is InChI=1S/C17H22N2O/c1-2-19-12-5-9-17(20,10-13-19)15-7-3-8-16-14(15)6-4-11-18-16/h3-4,6-8,11,20H,2,5,9-10,12-13H2,1H3. The summed E-state index contributed by atoms with van der Waals surface area (Å²) in [6, 6.07) is 10.1. The molecular formula is C17H22N2O. The summed E-state index contributed by atoms with van der Waals surface area (Å²) < 4.78 is 0. The summed E-state index contributed by atoms with van der Waals surface area (Å²) in [6.45, 7) is 5.30. The maximum absolute atomic E-state index is 11.2. The number of fused-ring (bicyclic) bond motifs is 1. The summed E-state index contributed by atoms with van der Waals surface area (Å²) in [6.07, 6.45) is 4.48. The monoisotopic (exact) mass is 270 g/mol. The summed E-state index contributed by atoms with van der Waals surface area (Å²) in [4.78, 5) is 6.82. The molecule has 1 atom stereocenters. The molecule has 1 aromatic carbocycles. The van der Waals surface area contributed by atoms with E-state index >= 15 is 0 Å². The number of rotatable bonds is 2. The normalized spacial score (nSPS) is 24.7. The zero-order chi connectivity index (χ0) is 14.0. The zero-order valence-electron chi connectivity index (χ0n) is 12.0. The van der Waals surface area contributed by atoms with Crippen molar-refractivity contribution >= 4 is 10.9 Å². The molecule has 2 heterocycles. The van der Waals surface area contributed by atoms with Crippen molar-refractivity contribution < 1.29 is 5.11 Å². The molecule has 1 aliphatic rings. The molecule has 1 aromatic heterocycles. The van der Waals surface area contributed by atoms with Crippen LogP contribution < -0.4 is 0 Å². The van der Waals surface area contributed by atoms with Crippen molar-refractivity contribution in [1.29, 1.82) is 0 Å². The lowest BCUT2D eigenvalue weighted by Crippen LogP contribution is -2.29. The number of aliphatic hydroxyl groups is 1. The molecule has 0 spiro atoms. The van der Waals surface area contributed by atoms with E-state index in [9.17, 15) is 5.11 Å². The van der Waals surface area contributed by atoms with E-state index in [0.717, 1.165) is 55.4 Å². The van der Waals surface area contributed by atoms with Crippen molar-refractivity contribution in [2.75, 3.05) is 19.6 Å². The molecule has 20 heavy (non-hydrogen) atoms. The number of likely N-dealkylation sites (tertiary alicyclic amines) is 1. The highest BCUT2D eigenvalue weighted by molar-refractivity contribution is 5.82. The summed E-state index contributed by atoms with van der Waals surface area (Å²) >= 11 is 0. The van der Waals surface area contributed by atoms with E-state index in [0.29, 0.717) is 0 Å². The first kappa shape index (κ1) is 13.5. The van der Waals surface area contributed by atoms with Crippen LogP contribution in [0.25, 0.3) is 10.9 Å². The fourth-order valence-corrected chi connectivity index (χ4v) is 3.27. The molecule has 1 N–H and O–H groups in total.